The Hall–Kier alpha value is -0.940. The minimum Gasteiger partial charge on any atom is -0.377 e. The Bertz CT molecular complexity index is 451. The largest absolute Gasteiger partial charge is 0.377 e. The molecule has 1 unspecified atom stereocenters. The predicted molar refractivity (Wildman–Crippen MR) is 78.4 cm³/mol. The van der Waals surface area contributed by atoms with Gasteiger partial charge in [-0.2, -0.15) is 0 Å². The Balaban J connectivity index is 2.34. The fourth-order valence-electron chi connectivity index (χ4n) is 2.31. The van der Waals surface area contributed by atoms with Gasteiger partial charge < -0.3 is 9.64 Å². The quantitative estimate of drug-likeness (QED) is 0.800. The van der Waals surface area contributed by atoms with Crippen LogP contribution in [0.5, 0.6) is 0 Å². The molecule has 0 saturated carbocycles. The lowest BCUT2D eigenvalue weighted by Gasteiger charge is -2.34. The summed E-state index contributed by atoms with van der Waals surface area (Å²) in [6.45, 7) is 10.8. The number of rotatable bonds is 3. The zero-order chi connectivity index (χ0) is 14.0. The highest BCUT2D eigenvalue weighted by Crippen LogP contribution is 2.34. The number of carbonyl (C=O) groups excluding carboxylic acids is 1. The highest BCUT2D eigenvalue weighted by Gasteiger charge is 2.28. The van der Waals surface area contributed by atoms with E-state index in [1.807, 2.05) is 0 Å². The molecule has 1 aliphatic rings. The average molecular weight is 282 g/mol. The molecule has 19 heavy (non-hydrogen) atoms. The van der Waals surface area contributed by atoms with Crippen molar-refractivity contribution >= 4 is 22.8 Å². The molecule has 0 aliphatic carbocycles. The van der Waals surface area contributed by atoms with E-state index in [0.29, 0.717) is 6.04 Å². The molecule has 1 aromatic rings. The minimum absolute atomic E-state index is 0.0982. The first-order chi connectivity index (χ1) is 8.97. The van der Waals surface area contributed by atoms with Crippen LogP contribution in [0.15, 0.2) is 0 Å². The zero-order valence-electron chi connectivity index (χ0n) is 12.1. The van der Waals surface area contributed by atoms with Crippen LogP contribution in [0.2, 0.25) is 0 Å². The van der Waals surface area contributed by atoms with Gasteiger partial charge in [0.1, 0.15) is 0 Å². The van der Waals surface area contributed by atoms with Crippen LogP contribution in [0.4, 0.5) is 5.13 Å². The van der Waals surface area contributed by atoms with E-state index in [1.54, 1.807) is 0 Å². The molecule has 2 rings (SSSR count). The molecule has 0 bridgehead atoms. The van der Waals surface area contributed by atoms with Gasteiger partial charge in [0.2, 0.25) is 0 Å². The number of aldehydes is 1. The van der Waals surface area contributed by atoms with Gasteiger partial charge in [-0.25, -0.2) is 4.98 Å². The van der Waals surface area contributed by atoms with E-state index >= 15 is 0 Å². The van der Waals surface area contributed by atoms with Gasteiger partial charge in [0, 0.05) is 12.0 Å². The first-order valence-corrected chi connectivity index (χ1v) is 7.60. The zero-order valence-corrected chi connectivity index (χ0v) is 12.9. The highest BCUT2D eigenvalue weighted by atomic mass is 32.1. The summed E-state index contributed by atoms with van der Waals surface area (Å²) in [4.78, 5) is 19.0. The maximum Gasteiger partial charge on any atom is 0.186 e. The smallest absolute Gasteiger partial charge is 0.186 e. The topological polar surface area (TPSA) is 42.4 Å². The molecule has 1 fully saturated rings. The SMILES string of the molecule is CCC1COCCN1c1nc(C(C)(C)C)c(C=O)s1. The normalized spacial score (nSPS) is 20.6. The molecule has 0 radical (unpaired) electrons. The predicted octanol–water partition coefficient (Wildman–Crippen LogP) is 2.87. The Labute approximate surface area is 118 Å². The lowest BCUT2D eigenvalue weighted by Crippen LogP contribution is -2.45. The van der Waals surface area contributed by atoms with E-state index in [-0.39, 0.29) is 5.41 Å². The maximum absolute atomic E-state index is 11.2. The van der Waals surface area contributed by atoms with E-state index in [9.17, 15) is 4.79 Å². The number of thiazole rings is 1. The lowest BCUT2D eigenvalue weighted by atomic mass is 9.91. The summed E-state index contributed by atoms with van der Waals surface area (Å²) in [6.07, 6.45) is 1.96. The Morgan fingerprint density at radius 3 is 2.79 bits per heavy atom. The third-order valence-corrected chi connectivity index (χ3v) is 4.42. The van der Waals surface area contributed by atoms with E-state index in [0.717, 1.165) is 48.2 Å². The van der Waals surface area contributed by atoms with Crippen LogP contribution in [0.3, 0.4) is 0 Å². The summed E-state index contributed by atoms with van der Waals surface area (Å²) < 4.78 is 5.52. The fraction of sp³-hybridized carbons (Fsp3) is 0.714. The summed E-state index contributed by atoms with van der Waals surface area (Å²) in [7, 11) is 0. The van der Waals surface area contributed by atoms with Crippen molar-refractivity contribution in [1.29, 1.82) is 0 Å². The van der Waals surface area contributed by atoms with Gasteiger partial charge in [0.25, 0.3) is 0 Å². The molecule has 0 N–H and O–H groups in total. The minimum atomic E-state index is -0.0982. The number of aromatic nitrogens is 1. The molecule has 5 heteroatoms. The van der Waals surface area contributed by atoms with Gasteiger partial charge in [0.05, 0.1) is 29.8 Å². The highest BCUT2D eigenvalue weighted by molar-refractivity contribution is 7.17. The van der Waals surface area contributed by atoms with Crippen molar-refractivity contribution < 1.29 is 9.53 Å². The molecule has 4 nitrogen and oxygen atoms in total. The van der Waals surface area contributed by atoms with Crippen LogP contribution in [0.25, 0.3) is 0 Å². The van der Waals surface area contributed by atoms with Gasteiger partial charge in [-0.15, -0.1) is 0 Å². The number of ether oxygens (including phenoxy) is 1. The molecule has 106 valence electrons. The van der Waals surface area contributed by atoms with Gasteiger partial charge >= 0.3 is 0 Å². The van der Waals surface area contributed by atoms with Crippen molar-refractivity contribution in [3.8, 4) is 0 Å². The molecular weight excluding hydrogens is 260 g/mol. The second-order valence-corrected chi connectivity index (χ2v) is 6.92. The number of morpholine rings is 1. The number of nitrogens with zero attached hydrogens (tertiary/aromatic N) is 2. The monoisotopic (exact) mass is 282 g/mol. The number of anilines is 1. The van der Waals surface area contributed by atoms with Crippen LogP contribution in [0.1, 0.15) is 49.5 Å². The molecular formula is C14H22N2O2S. The maximum atomic E-state index is 11.2. The Morgan fingerprint density at radius 1 is 1.53 bits per heavy atom. The van der Waals surface area contributed by atoms with Crippen molar-refractivity contribution in [2.75, 3.05) is 24.7 Å². The van der Waals surface area contributed by atoms with Crippen molar-refractivity contribution in [2.45, 2.75) is 45.6 Å². The molecule has 1 atom stereocenters. The third kappa shape index (κ3) is 2.98. The molecule has 1 aliphatic heterocycles. The van der Waals surface area contributed by atoms with E-state index in [2.05, 4.69) is 32.6 Å². The average Bonchev–Trinajstić information content (AvgIpc) is 2.82. The third-order valence-electron chi connectivity index (χ3n) is 3.40. The molecule has 1 saturated heterocycles. The lowest BCUT2D eigenvalue weighted by molar-refractivity contribution is 0.0929. The first kappa shape index (κ1) is 14.5. The van der Waals surface area contributed by atoms with Crippen molar-refractivity contribution in [3.63, 3.8) is 0 Å². The van der Waals surface area contributed by atoms with E-state index < -0.39 is 0 Å². The summed E-state index contributed by atoms with van der Waals surface area (Å²) in [5, 5.41) is 0.960. The number of hydrogen-bond donors (Lipinski definition) is 0. The molecule has 0 aromatic carbocycles. The first-order valence-electron chi connectivity index (χ1n) is 6.78. The van der Waals surface area contributed by atoms with Crippen molar-refractivity contribution in [3.05, 3.63) is 10.6 Å². The summed E-state index contributed by atoms with van der Waals surface area (Å²) >= 11 is 1.50. The molecule has 0 spiro atoms. The Morgan fingerprint density at radius 2 is 2.26 bits per heavy atom. The van der Waals surface area contributed by atoms with Gasteiger partial charge in [-0.1, -0.05) is 39.0 Å². The number of carbonyl (C=O) groups is 1. The van der Waals surface area contributed by atoms with Gasteiger partial charge in [-0.05, 0) is 6.42 Å². The van der Waals surface area contributed by atoms with E-state index in [4.69, 9.17) is 9.72 Å². The molecule has 0 amide bonds. The van der Waals surface area contributed by atoms with Crippen LogP contribution in [-0.4, -0.2) is 37.1 Å². The van der Waals surface area contributed by atoms with Crippen LogP contribution in [0, 0.1) is 0 Å². The number of hydrogen-bond acceptors (Lipinski definition) is 5. The van der Waals surface area contributed by atoms with Crippen molar-refractivity contribution in [2.24, 2.45) is 0 Å². The van der Waals surface area contributed by atoms with Crippen LogP contribution >= 0.6 is 11.3 Å². The summed E-state index contributed by atoms with van der Waals surface area (Å²) in [5.41, 5.74) is 0.808. The second-order valence-electron chi connectivity index (χ2n) is 5.91. The fourth-order valence-corrected chi connectivity index (χ4v) is 3.49. The molecule has 2 heterocycles. The van der Waals surface area contributed by atoms with Gasteiger partial charge in [0.15, 0.2) is 11.4 Å². The Kier molecular flexibility index (Phi) is 4.26. The molecule has 1 aromatic heterocycles. The summed E-state index contributed by atoms with van der Waals surface area (Å²) in [6, 6.07) is 0.368. The van der Waals surface area contributed by atoms with Crippen LogP contribution in [-0.2, 0) is 10.2 Å². The standard InChI is InChI=1S/C14H22N2O2S/c1-5-10-9-18-7-6-16(10)13-15-12(14(2,3)4)11(8-17)19-13/h8,10H,5-7,9H2,1-4H3. The summed E-state index contributed by atoms with van der Waals surface area (Å²) in [5.74, 6) is 0. The second kappa shape index (κ2) is 5.59. The van der Waals surface area contributed by atoms with E-state index in [1.165, 1.54) is 11.3 Å². The van der Waals surface area contributed by atoms with Crippen molar-refractivity contribution in [1.82, 2.24) is 4.98 Å². The van der Waals surface area contributed by atoms with Crippen LogP contribution < -0.4 is 4.90 Å². The van der Waals surface area contributed by atoms with Gasteiger partial charge in [-0.3, -0.25) is 4.79 Å².